The maximum absolute atomic E-state index is 13.2. The summed E-state index contributed by atoms with van der Waals surface area (Å²) in [4.78, 5) is 21.9. The van der Waals surface area contributed by atoms with Crippen LogP contribution >= 0.6 is 11.8 Å². The number of halogens is 1. The van der Waals surface area contributed by atoms with E-state index in [0.717, 1.165) is 18.2 Å². The van der Waals surface area contributed by atoms with Gasteiger partial charge in [-0.25, -0.2) is 9.37 Å². The molecule has 0 atom stereocenters. The number of thioether (sulfide) groups is 1. The van der Waals surface area contributed by atoms with Crippen molar-refractivity contribution in [3.63, 3.8) is 0 Å². The van der Waals surface area contributed by atoms with Crippen LogP contribution in [-0.2, 0) is 0 Å². The van der Waals surface area contributed by atoms with Gasteiger partial charge in [0.2, 0.25) is 5.95 Å². The fourth-order valence-corrected chi connectivity index (χ4v) is 1.79. The molecule has 0 saturated heterocycles. The summed E-state index contributed by atoms with van der Waals surface area (Å²) in [5.41, 5.74) is 5.17. The fraction of sp³-hybridized carbons (Fsp3) is 0.100. The molecule has 0 aliphatic heterocycles. The first-order valence-electron chi connectivity index (χ1n) is 5.01. The molecule has 0 amide bonds. The molecule has 7 nitrogen and oxygen atoms in total. The second-order valence-electron chi connectivity index (χ2n) is 3.42. The molecule has 19 heavy (non-hydrogen) atoms. The summed E-state index contributed by atoms with van der Waals surface area (Å²) in [6.07, 6.45) is 1.72. The molecule has 1 aromatic heterocycles. The van der Waals surface area contributed by atoms with Crippen LogP contribution in [0.1, 0.15) is 0 Å². The molecular formula is C10H8FN5O2S. The van der Waals surface area contributed by atoms with Crippen molar-refractivity contribution in [3.05, 3.63) is 34.1 Å². The summed E-state index contributed by atoms with van der Waals surface area (Å²) < 4.78 is 13.2. The minimum atomic E-state index is -0.631. The largest absolute Gasteiger partial charge is 0.368 e. The van der Waals surface area contributed by atoms with Crippen LogP contribution in [-0.4, -0.2) is 26.1 Å². The number of nitrogen functional groups attached to an aromatic ring is 1. The summed E-state index contributed by atoms with van der Waals surface area (Å²) in [7, 11) is 0. The van der Waals surface area contributed by atoms with E-state index < -0.39 is 10.7 Å². The third kappa shape index (κ3) is 2.76. The molecule has 0 aliphatic carbocycles. The second kappa shape index (κ2) is 5.14. The minimum Gasteiger partial charge on any atom is -0.368 e. The Balaban J connectivity index is 2.66. The van der Waals surface area contributed by atoms with Crippen LogP contribution in [0.2, 0.25) is 0 Å². The summed E-state index contributed by atoms with van der Waals surface area (Å²) >= 11 is 1.20. The number of nitro groups is 1. The van der Waals surface area contributed by atoms with Crippen molar-refractivity contribution in [1.82, 2.24) is 15.0 Å². The number of rotatable bonds is 3. The van der Waals surface area contributed by atoms with Crippen LogP contribution < -0.4 is 5.73 Å². The first-order valence-corrected chi connectivity index (χ1v) is 6.23. The maximum Gasteiger partial charge on any atom is 0.280 e. The molecule has 0 radical (unpaired) electrons. The van der Waals surface area contributed by atoms with Crippen LogP contribution in [0.25, 0.3) is 11.4 Å². The van der Waals surface area contributed by atoms with Crippen molar-refractivity contribution >= 4 is 23.4 Å². The smallest absolute Gasteiger partial charge is 0.280 e. The van der Waals surface area contributed by atoms with Gasteiger partial charge in [-0.1, -0.05) is 11.8 Å². The maximum atomic E-state index is 13.2. The zero-order valence-electron chi connectivity index (χ0n) is 9.70. The highest BCUT2D eigenvalue weighted by molar-refractivity contribution is 7.98. The summed E-state index contributed by atoms with van der Waals surface area (Å²) in [5.74, 6) is -0.721. The predicted octanol–water partition coefficient (Wildman–Crippen LogP) is 1.89. The van der Waals surface area contributed by atoms with E-state index in [0.29, 0.717) is 5.16 Å². The van der Waals surface area contributed by atoms with Crippen LogP contribution in [0.15, 0.2) is 23.4 Å². The quantitative estimate of drug-likeness (QED) is 0.520. The molecule has 2 aromatic rings. The Morgan fingerprint density at radius 1 is 1.37 bits per heavy atom. The highest BCUT2D eigenvalue weighted by Crippen LogP contribution is 2.29. The molecule has 0 unspecified atom stereocenters. The van der Waals surface area contributed by atoms with Crippen LogP contribution in [0, 0.1) is 15.9 Å². The first-order chi connectivity index (χ1) is 9.01. The number of nitrogens with zero attached hydrogens (tertiary/aromatic N) is 4. The molecule has 9 heteroatoms. The molecule has 0 fully saturated rings. The molecule has 0 spiro atoms. The van der Waals surface area contributed by atoms with E-state index in [9.17, 15) is 14.5 Å². The molecule has 0 bridgehead atoms. The number of hydrogen-bond acceptors (Lipinski definition) is 7. The van der Waals surface area contributed by atoms with E-state index in [1.165, 1.54) is 11.8 Å². The molecule has 0 aliphatic rings. The molecule has 1 heterocycles. The molecule has 98 valence electrons. The summed E-state index contributed by atoms with van der Waals surface area (Å²) in [6, 6.07) is 3.06. The topological polar surface area (TPSA) is 108 Å². The third-order valence-corrected chi connectivity index (χ3v) is 2.76. The van der Waals surface area contributed by atoms with Gasteiger partial charge >= 0.3 is 0 Å². The van der Waals surface area contributed by atoms with E-state index in [-0.39, 0.29) is 23.0 Å². The van der Waals surface area contributed by atoms with Crippen molar-refractivity contribution in [3.8, 4) is 11.4 Å². The minimum absolute atomic E-state index is 0.0250. The zero-order valence-corrected chi connectivity index (χ0v) is 10.5. The summed E-state index contributed by atoms with van der Waals surface area (Å²) in [6.45, 7) is 0. The lowest BCUT2D eigenvalue weighted by Crippen LogP contribution is -2.03. The molecule has 2 N–H and O–H groups in total. The van der Waals surface area contributed by atoms with Gasteiger partial charge in [0.05, 0.1) is 10.5 Å². The average Bonchev–Trinajstić information content (AvgIpc) is 2.37. The Morgan fingerprint density at radius 3 is 2.74 bits per heavy atom. The summed E-state index contributed by atoms with van der Waals surface area (Å²) in [5, 5.41) is 11.2. The van der Waals surface area contributed by atoms with Crippen LogP contribution in [0.5, 0.6) is 0 Å². The first kappa shape index (κ1) is 13.1. The molecule has 2 rings (SSSR count). The lowest BCUT2D eigenvalue weighted by Gasteiger charge is -2.04. The Bertz CT molecular complexity index is 652. The Morgan fingerprint density at radius 2 is 2.11 bits per heavy atom. The number of nitrogens with two attached hydrogens (primary N) is 1. The van der Waals surface area contributed by atoms with Crippen molar-refractivity contribution < 1.29 is 9.31 Å². The number of benzene rings is 1. The Labute approximate surface area is 111 Å². The Kier molecular flexibility index (Phi) is 3.56. The normalized spacial score (nSPS) is 10.4. The lowest BCUT2D eigenvalue weighted by molar-refractivity contribution is -0.384. The SMILES string of the molecule is CSc1nc(N)nc(-c2cc(F)ccc2[N+](=O)[O-])n1. The van der Waals surface area contributed by atoms with E-state index in [4.69, 9.17) is 5.73 Å². The number of nitro benzene ring substituents is 1. The monoisotopic (exact) mass is 281 g/mol. The van der Waals surface area contributed by atoms with Crippen molar-refractivity contribution in [2.45, 2.75) is 5.16 Å². The van der Waals surface area contributed by atoms with E-state index in [1.807, 2.05) is 0 Å². The standard InChI is InChI=1S/C10H8FN5O2S/c1-19-10-14-8(13-9(12)15-10)6-4-5(11)2-3-7(6)16(17)18/h2-4H,1H3,(H2,12,13,14,15). The second-order valence-corrected chi connectivity index (χ2v) is 4.20. The van der Waals surface area contributed by atoms with Gasteiger partial charge in [-0.15, -0.1) is 0 Å². The van der Waals surface area contributed by atoms with E-state index >= 15 is 0 Å². The fourth-order valence-electron chi connectivity index (χ4n) is 1.43. The van der Waals surface area contributed by atoms with Gasteiger partial charge in [-0.05, 0) is 18.4 Å². The number of hydrogen-bond donors (Lipinski definition) is 1. The van der Waals surface area contributed by atoms with Gasteiger partial charge in [0, 0.05) is 6.07 Å². The average molecular weight is 281 g/mol. The number of aromatic nitrogens is 3. The molecule has 1 aromatic carbocycles. The van der Waals surface area contributed by atoms with Crippen molar-refractivity contribution in [2.75, 3.05) is 12.0 Å². The van der Waals surface area contributed by atoms with Gasteiger partial charge in [0.25, 0.3) is 5.69 Å². The van der Waals surface area contributed by atoms with Crippen LogP contribution in [0.4, 0.5) is 16.0 Å². The number of anilines is 1. The lowest BCUT2D eigenvalue weighted by atomic mass is 10.1. The van der Waals surface area contributed by atoms with Gasteiger partial charge in [-0.3, -0.25) is 10.1 Å². The predicted molar refractivity (Wildman–Crippen MR) is 68.1 cm³/mol. The third-order valence-electron chi connectivity index (χ3n) is 2.21. The van der Waals surface area contributed by atoms with Crippen LogP contribution in [0.3, 0.4) is 0 Å². The van der Waals surface area contributed by atoms with Gasteiger partial charge in [-0.2, -0.15) is 9.97 Å². The zero-order chi connectivity index (χ0) is 14.0. The van der Waals surface area contributed by atoms with Gasteiger partial charge in [0.15, 0.2) is 11.0 Å². The van der Waals surface area contributed by atoms with Crippen molar-refractivity contribution in [1.29, 1.82) is 0 Å². The van der Waals surface area contributed by atoms with Gasteiger partial charge < -0.3 is 5.73 Å². The molecular weight excluding hydrogens is 273 g/mol. The van der Waals surface area contributed by atoms with E-state index in [2.05, 4.69) is 15.0 Å². The Hall–Kier alpha value is -2.29. The van der Waals surface area contributed by atoms with Crippen molar-refractivity contribution in [2.24, 2.45) is 0 Å². The van der Waals surface area contributed by atoms with Gasteiger partial charge in [0.1, 0.15) is 5.82 Å². The van der Waals surface area contributed by atoms with E-state index in [1.54, 1.807) is 6.26 Å². The highest BCUT2D eigenvalue weighted by Gasteiger charge is 2.19. The molecule has 0 saturated carbocycles. The highest BCUT2D eigenvalue weighted by atomic mass is 32.2.